The first kappa shape index (κ1) is 27.2. The van der Waals surface area contributed by atoms with E-state index >= 15 is 0 Å². The second-order valence-electron chi connectivity index (χ2n) is 10.3. The summed E-state index contributed by atoms with van der Waals surface area (Å²) in [7, 11) is 0. The van der Waals surface area contributed by atoms with E-state index < -0.39 is 17.5 Å². The normalized spacial score (nSPS) is 18.8. The first-order chi connectivity index (χ1) is 19.1. The number of aromatic nitrogens is 3. The van der Waals surface area contributed by atoms with E-state index in [-0.39, 0.29) is 17.6 Å². The van der Waals surface area contributed by atoms with Gasteiger partial charge in [-0.1, -0.05) is 30.9 Å². The van der Waals surface area contributed by atoms with Gasteiger partial charge in [0.2, 0.25) is 5.91 Å². The van der Waals surface area contributed by atoms with Gasteiger partial charge in [-0.05, 0) is 75.7 Å². The summed E-state index contributed by atoms with van der Waals surface area (Å²) < 4.78 is 15.2. The zero-order valence-corrected chi connectivity index (χ0v) is 23.6. The molecule has 7 nitrogen and oxygen atoms in total. The van der Waals surface area contributed by atoms with Gasteiger partial charge in [-0.2, -0.15) is 5.10 Å². The van der Waals surface area contributed by atoms with E-state index in [2.05, 4.69) is 22.0 Å². The second-order valence-corrected chi connectivity index (χ2v) is 11.3. The minimum absolute atomic E-state index is 0.136. The Morgan fingerprint density at radius 1 is 1.15 bits per heavy atom. The number of anilines is 1. The van der Waals surface area contributed by atoms with Crippen molar-refractivity contribution in [2.45, 2.75) is 39.8 Å². The molecule has 0 spiro atoms. The molecule has 2 amide bonds. The van der Waals surface area contributed by atoms with Crippen LogP contribution in [0.1, 0.15) is 36.1 Å². The van der Waals surface area contributed by atoms with E-state index in [0.29, 0.717) is 17.0 Å². The monoisotopic (exact) mass is 555 g/mol. The lowest BCUT2D eigenvalue weighted by molar-refractivity contribution is -0.124. The topological polar surface area (TPSA) is 80.1 Å². The van der Waals surface area contributed by atoms with E-state index in [4.69, 9.17) is 0 Å². The lowest BCUT2D eigenvalue weighted by Crippen LogP contribution is -2.50. The molecule has 5 rings (SSSR count). The summed E-state index contributed by atoms with van der Waals surface area (Å²) in [6, 6.07) is 10.6. The van der Waals surface area contributed by atoms with Crippen LogP contribution in [0.15, 0.2) is 90.6 Å². The maximum Gasteiger partial charge on any atom is 0.271 e. The fourth-order valence-electron chi connectivity index (χ4n) is 5.11. The smallest absolute Gasteiger partial charge is 0.271 e. The van der Waals surface area contributed by atoms with Crippen molar-refractivity contribution in [3.8, 4) is 5.69 Å². The first-order valence-electron chi connectivity index (χ1n) is 12.9. The number of fused-ring (bicyclic) bond motifs is 1. The molecule has 2 aromatic heterocycles. The predicted molar refractivity (Wildman–Crippen MR) is 157 cm³/mol. The molecule has 0 saturated carbocycles. The summed E-state index contributed by atoms with van der Waals surface area (Å²) in [6.07, 6.45) is 9.25. The number of benzene rings is 2. The molecular weight excluding hydrogens is 525 g/mol. The molecule has 2 aromatic carbocycles. The third-order valence-electron chi connectivity index (χ3n) is 7.28. The predicted octanol–water partition coefficient (Wildman–Crippen LogP) is 6.16. The van der Waals surface area contributed by atoms with Crippen molar-refractivity contribution in [3.63, 3.8) is 0 Å². The Morgan fingerprint density at radius 3 is 2.55 bits per heavy atom. The van der Waals surface area contributed by atoms with Crippen LogP contribution in [0.2, 0.25) is 0 Å². The molecule has 204 valence electrons. The van der Waals surface area contributed by atoms with Gasteiger partial charge in [0.05, 0.1) is 40.4 Å². The van der Waals surface area contributed by atoms with Gasteiger partial charge in [0.1, 0.15) is 11.5 Å². The quantitative estimate of drug-likeness (QED) is 0.277. The molecule has 0 bridgehead atoms. The number of amides is 2. The number of hydrogen-bond acceptors (Lipinski definition) is 5. The van der Waals surface area contributed by atoms with Crippen LogP contribution in [0, 0.1) is 18.2 Å². The molecule has 1 aliphatic heterocycles. The lowest BCUT2D eigenvalue weighted by atomic mass is 9.82. The van der Waals surface area contributed by atoms with Crippen LogP contribution in [-0.4, -0.2) is 38.7 Å². The molecule has 0 aliphatic carbocycles. The van der Waals surface area contributed by atoms with Crippen LogP contribution in [0.4, 0.5) is 10.1 Å². The number of thiazole rings is 1. The molecule has 40 heavy (non-hydrogen) atoms. The molecule has 0 unspecified atom stereocenters. The highest BCUT2D eigenvalue weighted by Gasteiger charge is 2.55. The highest BCUT2D eigenvalue weighted by molar-refractivity contribution is 7.09. The second kappa shape index (κ2) is 10.7. The van der Waals surface area contributed by atoms with Gasteiger partial charge in [-0.15, -0.1) is 11.3 Å². The minimum atomic E-state index is -0.936. The van der Waals surface area contributed by atoms with Gasteiger partial charge in [-0.25, -0.2) is 14.1 Å². The van der Waals surface area contributed by atoms with Gasteiger partial charge in [0, 0.05) is 16.0 Å². The Kier molecular flexibility index (Phi) is 7.25. The van der Waals surface area contributed by atoms with Crippen LogP contribution in [0.25, 0.3) is 16.6 Å². The number of allylic oxidation sites excluding steroid dienone is 3. The summed E-state index contributed by atoms with van der Waals surface area (Å²) in [5.41, 5.74) is 3.94. The Balaban J connectivity index is 1.57. The summed E-state index contributed by atoms with van der Waals surface area (Å²) in [6.45, 7) is 11.8. The van der Waals surface area contributed by atoms with Crippen molar-refractivity contribution in [1.82, 2.24) is 20.1 Å². The van der Waals surface area contributed by atoms with E-state index in [1.54, 1.807) is 33.4 Å². The van der Waals surface area contributed by atoms with Crippen molar-refractivity contribution in [1.29, 1.82) is 0 Å². The molecule has 3 heterocycles. The molecule has 1 fully saturated rings. The number of hydrogen-bond donors (Lipinski definition) is 1. The van der Waals surface area contributed by atoms with Gasteiger partial charge >= 0.3 is 0 Å². The third-order valence-corrected chi connectivity index (χ3v) is 8.04. The van der Waals surface area contributed by atoms with Crippen molar-refractivity contribution in [2.75, 3.05) is 4.90 Å². The van der Waals surface area contributed by atoms with Crippen LogP contribution in [-0.2, 0) is 4.79 Å². The van der Waals surface area contributed by atoms with Crippen molar-refractivity contribution in [3.05, 3.63) is 107 Å². The van der Waals surface area contributed by atoms with Gasteiger partial charge in [-0.3, -0.25) is 9.59 Å². The summed E-state index contributed by atoms with van der Waals surface area (Å²) in [5.74, 6) is -0.777. The number of aryl methyl sites for hydroxylation is 1. The molecule has 1 aliphatic rings. The molecular formula is C31H30FN5O2S. The Hall–Kier alpha value is -4.37. The van der Waals surface area contributed by atoms with Crippen LogP contribution >= 0.6 is 11.3 Å². The maximum absolute atomic E-state index is 14.0. The summed E-state index contributed by atoms with van der Waals surface area (Å²) >= 11 is 1.40. The Bertz CT molecular complexity index is 1660. The van der Waals surface area contributed by atoms with Crippen LogP contribution in [0.3, 0.4) is 0 Å². The zero-order valence-electron chi connectivity index (χ0n) is 22.8. The number of nitrogens with zero attached hydrogens (tertiary/aromatic N) is 4. The maximum atomic E-state index is 14.0. The standard InChI is InChI=1S/C31H30FN5O2S/c1-6-7-8-9-19(2)27-28(35-29(38)26-20(3)40-18-33-26)31(4,5)30(39)36(27)24-14-15-25-21(16-24)17-34-37(25)23-12-10-22(32)11-13-23/h6-18,27-28H,2H2,1,3-5H3,(H,35,38)/b7-6-,9-8-/t27-,28-/m1/s1. The molecule has 0 radical (unpaired) electrons. The van der Waals surface area contributed by atoms with Gasteiger partial charge in [0.15, 0.2) is 0 Å². The van der Waals surface area contributed by atoms with E-state index in [1.807, 2.05) is 70.2 Å². The largest absolute Gasteiger partial charge is 0.344 e. The molecule has 1 N–H and O–H groups in total. The van der Waals surface area contributed by atoms with Gasteiger partial charge in [0.25, 0.3) is 5.91 Å². The molecule has 9 heteroatoms. The molecule has 1 saturated heterocycles. The number of carbonyl (C=O) groups excluding carboxylic acids is 2. The summed E-state index contributed by atoms with van der Waals surface area (Å²) in [4.78, 5) is 34.1. The van der Waals surface area contributed by atoms with Crippen molar-refractivity contribution >= 4 is 39.7 Å². The average molecular weight is 556 g/mol. The summed E-state index contributed by atoms with van der Waals surface area (Å²) in [5, 5.41) is 8.42. The number of rotatable bonds is 7. The van der Waals surface area contributed by atoms with Crippen LogP contribution < -0.4 is 10.2 Å². The number of nitrogens with one attached hydrogen (secondary N) is 1. The highest BCUT2D eigenvalue weighted by Crippen LogP contribution is 2.42. The van der Waals surface area contributed by atoms with E-state index in [9.17, 15) is 14.0 Å². The Morgan fingerprint density at radius 2 is 1.88 bits per heavy atom. The lowest BCUT2D eigenvalue weighted by Gasteiger charge is -2.31. The Labute approximate surface area is 236 Å². The zero-order chi connectivity index (χ0) is 28.6. The molecule has 2 atom stereocenters. The third kappa shape index (κ3) is 4.77. The minimum Gasteiger partial charge on any atom is -0.344 e. The van der Waals surface area contributed by atoms with Crippen molar-refractivity contribution in [2.24, 2.45) is 5.41 Å². The van der Waals surface area contributed by atoms with E-state index in [0.717, 1.165) is 21.5 Å². The fraction of sp³-hybridized carbons (Fsp3) is 0.226. The van der Waals surface area contributed by atoms with Gasteiger partial charge < -0.3 is 10.2 Å². The highest BCUT2D eigenvalue weighted by atomic mass is 32.1. The first-order valence-corrected chi connectivity index (χ1v) is 13.8. The van der Waals surface area contributed by atoms with E-state index in [1.165, 1.54) is 23.5 Å². The van der Waals surface area contributed by atoms with Crippen LogP contribution in [0.5, 0.6) is 0 Å². The average Bonchev–Trinajstić information content (AvgIpc) is 3.60. The number of carbonyl (C=O) groups is 2. The van der Waals surface area contributed by atoms with Crippen molar-refractivity contribution < 1.29 is 14.0 Å². The molecule has 4 aromatic rings. The number of halogens is 1. The fourth-order valence-corrected chi connectivity index (χ4v) is 5.68. The SMILES string of the molecule is C=C(/C=C\C=C/C)[C@@H]1[C@@H](NC(=O)c2ncsc2C)C(C)(C)C(=O)N1c1ccc2c(cnn2-c2ccc(F)cc2)c1.